The lowest BCUT2D eigenvalue weighted by Gasteiger charge is -2.28. The highest BCUT2D eigenvalue weighted by Gasteiger charge is 2.26. The fraction of sp³-hybridized carbons (Fsp3) is 0.421. The fourth-order valence-electron chi connectivity index (χ4n) is 3.68. The van der Waals surface area contributed by atoms with Crippen molar-refractivity contribution in [2.24, 2.45) is 0 Å². The zero-order valence-corrected chi connectivity index (χ0v) is 14.0. The first-order valence-corrected chi connectivity index (χ1v) is 8.69. The standard InChI is InChI=1S/C19H23N3O2/c1-24-16-8-6-15(7-9-16)22-12-4-5-14-13-17(20-18(14)22)19(23)21-10-2-3-11-21/h6-9,13,20H,2-5,10-12H2,1H3. The minimum Gasteiger partial charge on any atom is -0.497 e. The number of nitrogens with one attached hydrogen (secondary N) is 1. The smallest absolute Gasteiger partial charge is 0.270 e. The van der Waals surface area contributed by atoms with Crippen molar-refractivity contribution in [3.8, 4) is 5.75 Å². The molecule has 1 fully saturated rings. The molecular weight excluding hydrogens is 302 g/mol. The minimum atomic E-state index is 0.136. The molecule has 1 amide bonds. The van der Waals surface area contributed by atoms with Crippen LogP contribution in [0.25, 0.3) is 0 Å². The first-order chi connectivity index (χ1) is 11.8. The fourth-order valence-corrected chi connectivity index (χ4v) is 3.68. The van der Waals surface area contributed by atoms with Gasteiger partial charge in [0.25, 0.3) is 5.91 Å². The van der Waals surface area contributed by atoms with Gasteiger partial charge in [-0.25, -0.2) is 0 Å². The van der Waals surface area contributed by atoms with Gasteiger partial charge < -0.3 is 19.5 Å². The van der Waals surface area contributed by atoms with E-state index in [0.29, 0.717) is 0 Å². The van der Waals surface area contributed by atoms with Gasteiger partial charge in [-0.05, 0) is 61.6 Å². The van der Waals surface area contributed by atoms with Crippen LogP contribution in [0.1, 0.15) is 35.3 Å². The second-order valence-corrected chi connectivity index (χ2v) is 6.51. The molecule has 126 valence electrons. The highest BCUT2D eigenvalue weighted by molar-refractivity contribution is 5.94. The zero-order chi connectivity index (χ0) is 16.5. The Morgan fingerprint density at radius 2 is 1.83 bits per heavy atom. The molecule has 3 heterocycles. The van der Waals surface area contributed by atoms with Gasteiger partial charge in [0.2, 0.25) is 0 Å². The molecule has 0 aliphatic carbocycles. The maximum atomic E-state index is 12.7. The molecule has 1 aromatic carbocycles. The summed E-state index contributed by atoms with van der Waals surface area (Å²) in [7, 11) is 1.68. The maximum Gasteiger partial charge on any atom is 0.270 e. The summed E-state index contributed by atoms with van der Waals surface area (Å²) < 4.78 is 5.24. The summed E-state index contributed by atoms with van der Waals surface area (Å²) in [6, 6.07) is 10.1. The Labute approximate surface area is 142 Å². The van der Waals surface area contributed by atoms with Gasteiger partial charge in [-0.3, -0.25) is 4.79 Å². The van der Waals surface area contributed by atoms with E-state index < -0.39 is 0 Å². The van der Waals surface area contributed by atoms with E-state index in [0.717, 1.165) is 68.3 Å². The van der Waals surface area contributed by atoms with Crippen molar-refractivity contribution >= 4 is 17.4 Å². The summed E-state index contributed by atoms with van der Waals surface area (Å²) in [4.78, 5) is 20.3. The SMILES string of the molecule is COc1ccc(N2CCCc3cc(C(=O)N4CCCC4)[nH]c32)cc1. The first-order valence-electron chi connectivity index (χ1n) is 8.69. The third-order valence-corrected chi connectivity index (χ3v) is 4.98. The Kier molecular flexibility index (Phi) is 3.92. The Morgan fingerprint density at radius 3 is 2.54 bits per heavy atom. The van der Waals surface area contributed by atoms with Gasteiger partial charge >= 0.3 is 0 Å². The summed E-state index contributed by atoms with van der Waals surface area (Å²) in [5.74, 6) is 2.05. The molecular formula is C19H23N3O2. The summed E-state index contributed by atoms with van der Waals surface area (Å²) in [5.41, 5.74) is 3.08. The van der Waals surface area contributed by atoms with E-state index >= 15 is 0 Å². The van der Waals surface area contributed by atoms with Crippen LogP contribution < -0.4 is 9.64 Å². The van der Waals surface area contributed by atoms with Crippen LogP contribution in [0.4, 0.5) is 11.5 Å². The number of nitrogens with zero attached hydrogens (tertiary/aromatic N) is 2. The molecule has 4 rings (SSSR count). The second-order valence-electron chi connectivity index (χ2n) is 6.51. The van der Waals surface area contributed by atoms with Gasteiger partial charge in [0, 0.05) is 25.3 Å². The molecule has 1 aromatic heterocycles. The summed E-state index contributed by atoms with van der Waals surface area (Å²) in [6.07, 6.45) is 4.34. The number of hydrogen-bond acceptors (Lipinski definition) is 3. The molecule has 2 aliphatic heterocycles. The van der Waals surface area contributed by atoms with Crippen molar-refractivity contribution in [2.45, 2.75) is 25.7 Å². The molecule has 5 heteroatoms. The number of aryl methyl sites for hydroxylation is 1. The van der Waals surface area contributed by atoms with E-state index in [1.165, 1.54) is 5.56 Å². The minimum absolute atomic E-state index is 0.136. The summed E-state index contributed by atoms with van der Waals surface area (Å²) in [6.45, 7) is 2.71. The molecule has 2 aliphatic rings. The summed E-state index contributed by atoms with van der Waals surface area (Å²) in [5, 5.41) is 0. The van der Waals surface area contributed by atoms with Crippen molar-refractivity contribution in [2.75, 3.05) is 31.6 Å². The van der Waals surface area contributed by atoms with Crippen LogP contribution in [-0.2, 0) is 6.42 Å². The number of fused-ring (bicyclic) bond motifs is 1. The van der Waals surface area contributed by atoms with Crippen molar-refractivity contribution in [3.63, 3.8) is 0 Å². The molecule has 0 spiro atoms. The predicted octanol–water partition coefficient (Wildman–Crippen LogP) is 3.34. The number of methoxy groups -OCH3 is 1. The largest absolute Gasteiger partial charge is 0.497 e. The third-order valence-electron chi connectivity index (χ3n) is 4.98. The van der Waals surface area contributed by atoms with Crippen LogP contribution in [0.5, 0.6) is 5.75 Å². The molecule has 0 unspecified atom stereocenters. The van der Waals surface area contributed by atoms with Crippen LogP contribution in [0.3, 0.4) is 0 Å². The van der Waals surface area contributed by atoms with Crippen LogP contribution in [-0.4, -0.2) is 42.5 Å². The number of rotatable bonds is 3. The van der Waals surface area contributed by atoms with E-state index in [1.54, 1.807) is 7.11 Å². The highest BCUT2D eigenvalue weighted by Crippen LogP contribution is 2.34. The van der Waals surface area contributed by atoms with Gasteiger partial charge in [-0.15, -0.1) is 0 Å². The molecule has 0 atom stereocenters. The molecule has 2 aromatic rings. The number of benzene rings is 1. The quantitative estimate of drug-likeness (QED) is 0.941. The number of carbonyl (C=O) groups excluding carboxylic acids is 1. The monoisotopic (exact) mass is 325 g/mol. The lowest BCUT2D eigenvalue weighted by molar-refractivity contribution is 0.0788. The maximum absolute atomic E-state index is 12.7. The molecule has 0 radical (unpaired) electrons. The van der Waals surface area contributed by atoms with Crippen molar-refractivity contribution < 1.29 is 9.53 Å². The number of aromatic amines is 1. The van der Waals surface area contributed by atoms with Crippen LogP contribution in [0.2, 0.25) is 0 Å². The number of amides is 1. The van der Waals surface area contributed by atoms with Gasteiger partial charge in [-0.1, -0.05) is 0 Å². The normalized spacial score (nSPS) is 17.0. The average Bonchev–Trinajstić information content (AvgIpc) is 3.30. The van der Waals surface area contributed by atoms with Crippen LogP contribution in [0, 0.1) is 0 Å². The number of anilines is 2. The predicted molar refractivity (Wildman–Crippen MR) is 94.3 cm³/mol. The lowest BCUT2D eigenvalue weighted by atomic mass is 10.1. The van der Waals surface area contributed by atoms with Gasteiger partial charge in [-0.2, -0.15) is 0 Å². The first kappa shape index (κ1) is 15.1. The Morgan fingerprint density at radius 1 is 1.08 bits per heavy atom. The van der Waals surface area contributed by atoms with E-state index in [-0.39, 0.29) is 5.91 Å². The van der Waals surface area contributed by atoms with Crippen LogP contribution in [0.15, 0.2) is 30.3 Å². The van der Waals surface area contributed by atoms with E-state index in [1.807, 2.05) is 23.1 Å². The summed E-state index contributed by atoms with van der Waals surface area (Å²) >= 11 is 0. The zero-order valence-electron chi connectivity index (χ0n) is 14.0. The lowest BCUT2D eigenvalue weighted by Crippen LogP contribution is -2.28. The van der Waals surface area contributed by atoms with Gasteiger partial charge in [0.1, 0.15) is 17.3 Å². The molecule has 5 nitrogen and oxygen atoms in total. The number of aromatic nitrogens is 1. The third kappa shape index (κ3) is 2.64. The number of likely N-dealkylation sites (tertiary alicyclic amines) is 1. The van der Waals surface area contributed by atoms with E-state index in [4.69, 9.17) is 4.74 Å². The number of H-pyrrole nitrogens is 1. The molecule has 0 saturated carbocycles. The molecule has 0 bridgehead atoms. The van der Waals surface area contributed by atoms with Gasteiger partial charge in [0.15, 0.2) is 0 Å². The van der Waals surface area contributed by atoms with E-state index in [2.05, 4.69) is 22.0 Å². The second kappa shape index (κ2) is 6.23. The number of hydrogen-bond donors (Lipinski definition) is 1. The van der Waals surface area contributed by atoms with Crippen molar-refractivity contribution in [1.82, 2.24) is 9.88 Å². The number of carbonyl (C=O) groups is 1. The molecule has 1 saturated heterocycles. The van der Waals surface area contributed by atoms with Gasteiger partial charge in [0.05, 0.1) is 7.11 Å². The highest BCUT2D eigenvalue weighted by atomic mass is 16.5. The molecule has 1 N–H and O–H groups in total. The Bertz CT molecular complexity index is 730. The topological polar surface area (TPSA) is 48.6 Å². The average molecular weight is 325 g/mol. The van der Waals surface area contributed by atoms with Crippen LogP contribution >= 0.6 is 0 Å². The Hall–Kier alpha value is -2.43. The van der Waals surface area contributed by atoms with Crippen molar-refractivity contribution in [3.05, 3.63) is 41.6 Å². The Balaban J connectivity index is 1.63. The number of ether oxygens (including phenoxy) is 1. The van der Waals surface area contributed by atoms with Crippen molar-refractivity contribution in [1.29, 1.82) is 0 Å². The van der Waals surface area contributed by atoms with E-state index in [9.17, 15) is 4.79 Å². The molecule has 24 heavy (non-hydrogen) atoms.